The third kappa shape index (κ3) is 2.43. The Bertz CT molecular complexity index is 899. The van der Waals surface area contributed by atoms with Crippen molar-refractivity contribution in [2.45, 2.75) is 68.8 Å². The van der Waals surface area contributed by atoms with Crippen LogP contribution in [0, 0.1) is 5.92 Å². The Morgan fingerprint density at radius 1 is 0.750 bits per heavy atom. The first-order chi connectivity index (χ1) is 13.6. The van der Waals surface area contributed by atoms with Crippen molar-refractivity contribution in [1.29, 1.82) is 0 Å². The molecule has 1 heterocycles. The Balaban J connectivity index is 1.76. The molecule has 0 bridgehead atoms. The fourth-order valence-corrected chi connectivity index (χ4v) is 6.43. The molecule has 3 N–H and O–H groups in total. The molecule has 3 aliphatic rings. The number of phenolic OH excluding ortho intramolecular Hbond substituents is 3. The van der Waals surface area contributed by atoms with Gasteiger partial charge in [0.1, 0.15) is 28.6 Å². The summed E-state index contributed by atoms with van der Waals surface area (Å²) in [6.07, 6.45) is 10.0. The number of fused-ring (bicyclic) bond motifs is 4. The highest BCUT2D eigenvalue weighted by Gasteiger charge is 2.59. The number of phenols is 3. The highest BCUT2D eigenvalue weighted by Crippen LogP contribution is 2.63. The van der Waals surface area contributed by atoms with Crippen molar-refractivity contribution in [1.82, 2.24) is 0 Å². The minimum Gasteiger partial charge on any atom is -0.508 e. The maximum atomic E-state index is 10.8. The van der Waals surface area contributed by atoms with Gasteiger partial charge in [0.25, 0.3) is 0 Å². The highest BCUT2D eigenvalue weighted by atomic mass is 16.5. The summed E-state index contributed by atoms with van der Waals surface area (Å²) in [4.78, 5) is 0. The fourth-order valence-electron chi connectivity index (χ4n) is 6.43. The van der Waals surface area contributed by atoms with E-state index in [9.17, 15) is 15.3 Å². The average Bonchev–Trinajstić information content (AvgIpc) is 2.68. The Labute approximate surface area is 165 Å². The standard InChI is InChI=1S/C24H28O4/c25-16-7-9-18(20(27)14-16)24-13-5-2-6-22(24)23(11-3-1-4-12-23)19-10-8-17(26)15-21(19)28-24/h7-10,14-15,22,25-27H,1-6,11-13H2/t22-,24+/m0/s1. The first-order valence-electron chi connectivity index (χ1n) is 10.6. The molecule has 4 heteroatoms. The van der Waals surface area contributed by atoms with Gasteiger partial charge in [-0.05, 0) is 50.3 Å². The van der Waals surface area contributed by atoms with Crippen molar-refractivity contribution < 1.29 is 20.1 Å². The van der Waals surface area contributed by atoms with E-state index in [0.717, 1.165) is 43.4 Å². The Morgan fingerprint density at radius 3 is 2.18 bits per heavy atom. The van der Waals surface area contributed by atoms with Gasteiger partial charge >= 0.3 is 0 Å². The van der Waals surface area contributed by atoms with Crippen LogP contribution in [-0.2, 0) is 11.0 Å². The van der Waals surface area contributed by atoms with Crippen molar-refractivity contribution in [3.8, 4) is 23.0 Å². The molecule has 28 heavy (non-hydrogen) atoms. The molecule has 2 fully saturated rings. The third-order valence-electron chi connectivity index (χ3n) is 7.50. The normalized spacial score (nSPS) is 28.2. The largest absolute Gasteiger partial charge is 0.508 e. The lowest BCUT2D eigenvalue weighted by atomic mass is 9.51. The molecule has 4 nitrogen and oxygen atoms in total. The molecule has 1 spiro atoms. The molecule has 0 unspecified atom stereocenters. The first kappa shape index (κ1) is 17.7. The van der Waals surface area contributed by atoms with Gasteiger partial charge in [-0.15, -0.1) is 0 Å². The number of ether oxygens (including phenoxy) is 1. The number of rotatable bonds is 1. The van der Waals surface area contributed by atoms with Gasteiger partial charge in [0.15, 0.2) is 0 Å². The van der Waals surface area contributed by atoms with Crippen molar-refractivity contribution in [2.24, 2.45) is 5.92 Å². The number of aromatic hydroxyl groups is 3. The van der Waals surface area contributed by atoms with E-state index in [4.69, 9.17) is 4.74 Å². The predicted molar refractivity (Wildman–Crippen MR) is 107 cm³/mol. The molecule has 2 aromatic rings. The SMILES string of the molecule is Oc1ccc([C@]23CCCC[C@H]2C2(CCCCC2)c2ccc(O)cc2O3)c(O)c1. The number of hydrogen-bond donors (Lipinski definition) is 3. The summed E-state index contributed by atoms with van der Waals surface area (Å²) in [5.74, 6) is 1.41. The van der Waals surface area contributed by atoms with E-state index < -0.39 is 5.60 Å². The molecule has 2 aromatic carbocycles. The van der Waals surface area contributed by atoms with Crippen LogP contribution in [-0.4, -0.2) is 15.3 Å². The summed E-state index contributed by atoms with van der Waals surface area (Å²) < 4.78 is 6.74. The van der Waals surface area contributed by atoms with Gasteiger partial charge in [-0.1, -0.05) is 31.7 Å². The van der Waals surface area contributed by atoms with Crippen molar-refractivity contribution in [3.63, 3.8) is 0 Å². The molecule has 0 aromatic heterocycles. The van der Waals surface area contributed by atoms with Gasteiger partial charge in [-0.2, -0.15) is 0 Å². The van der Waals surface area contributed by atoms with Gasteiger partial charge in [-0.25, -0.2) is 0 Å². The molecule has 0 saturated heterocycles. The Kier molecular flexibility index (Phi) is 4.01. The monoisotopic (exact) mass is 380 g/mol. The second kappa shape index (κ2) is 6.33. The summed E-state index contributed by atoms with van der Waals surface area (Å²) in [6.45, 7) is 0. The summed E-state index contributed by atoms with van der Waals surface area (Å²) in [7, 11) is 0. The van der Waals surface area contributed by atoms with E-state index in [1.165, 1.54) is 37.3 Å². The van der Waals surface area contributed by atoms with E-state index in [0.29, 0.717) is 0 Å². The molecule has 1 aliphatic heterocycles. The van der Waals surface area contributed by atoms with E-state index in [1.807, 2.05) is 6.07 Å². The topological polar surface area (TPSA) is 69.9 Å². The van der Waals surface area contributed by atoms with Gasteiger partial charge in [-0.3, -0.25) is 0 Å². The molecular weight excluding hydrogens is 352 g/mol. The van der Waals surface area contributed by atoms with Crippen LogP contribution in [0.4, 0.5) is 0 Å². The maximum absolute atomic E-state index is 10.8. The zero-order valence-electron chi connectivity index (χ0n) is 16.2. The molecular formula is C24H28O4. The van der Waals surface area contributed by atoms with Crippen molar-refractivity contribution >= 4 is 0 Å². The molecule has 2 aliphatic carbocycles. The zero-order valence-corrected chi connectivity index (χ0v) is 16.2. The molecule has 2 atom stereocenters. The van der Waals surface area contributed by atoms with Crippen LogP contribution >= 0.6 is 0 Å². The second-order valence-corrected chi connectivity index (χ2v) is 8.89. The lowest BCUT2D eigenvalue weighted by molar-refractivity contribution is -0.0960. The van der Waals surface area contributed by atoms with Crippen LogP contribution in [0.2, 0.25) is 0 Å². The van der Waals surface area contributed by atoms with Crippen molar-refractivity contribution in [2.75, 3.05) is 0 Å². The number of benzene rings is 2. The summed E-state index contributed by atoms with van der Waals surface area (Å²) in [5.41, 5.74) is 1.40. The van der Waals surface area contributed by atoms with Gasteiger partial charge < -0.3 is 20.1 Å². The Hall–Kier alpha value is -2.36. The van der Waals surface area contributed by atoms with Crippen LogP contribution in [0.5, 0.6) is 23.0 Å². The third-order valence-corrected chi connectivity index (χ3v) is 7.50. The average molecular weight is 380 g/mol. The minimum atomic E-state index is -0.617. The maximum Gasteiger partial charge on any atom is 0.141 e. The second-order valence-electron chi connectivity index (χ2n) is 8.89. The van der Waals surface area contributed by atoms with E-state index in [1.54, 1.807) is 18.2 Å². The first-order valence-corrected chi connectivity index (χ1v) is 10.6. The summed E-state index contributed by atoms with van der Waals surface area (Å²) >= 11 is 0. The summed E-state index contributed by atoms with van der Waals surface area (Å²) in [6, 6.07) is 10.5. The van der Waals surface area contributed by atoms with Crippen LogP contribution in [0.25, 0.3) is 0 Å². The van der Waals surface area contributed by atoms with Crippen LogP contribution in [0.1, 0.15) is 68.9 Å². The van der Waals surface area contributed by atoms with Crippen LogP contribution in [0.15, 0.2) is 36.4 Å². The van der Waals surface area contributed by atoms with Crippen LogP contribution < -0.4 is 4.74 Å². The lowest BCUT2D eigenvalue weighted by Gasteiger charge is -2.58. The lowest BCUT2D eigenvalue weighted by Crippen LogP contribution is -2.57. The van der Waals surface area contributed by atoms with Crippen molar-refractivity contribution in [3.05, 3.63) is 47.5 Å². The van der Waals surface area contributed by atoms with Gasteiger partial charge in [0.2, 0.25) is 0 Å². The quantitative estimate of drug-likeness (QED) is 0.612. The highest BCUT2D eigenvalue weighted by molar-refractivity contribution is 5.52. The smallest absolute Gasteiger partial charge is 0.141 e. The summed E-state index contributed by atoms with van der Waals surface area (Å²) in [5, 5.41) is 30.8. The molecule has 2 saturated carbocycles. The zero-order chi connectivity index (χ0) is 19.4. The van der Waals surface area contributed by atoms with E-state index >= 15 is 0 Å². The van der Waals surface area contributed by atoms with Gasteiger partial charge in [0, 0.05) is 34.6 Å². The molecule has 0 radical (unpaired) electrons. The van der Waals surface area contributed by atoms with E-state index in [-0.39, 0.29) is 28.6 Å². The molecule has 5 rings (SSSR count). The fraction of sp³-hybridized carbons (Fsp3) is 0.500. The minimum absolute atomic E-state index is 0.0181. The Morgan fingerprint density at radius 2 is 1.43 bits per heavy atom. The number of hydrogen-bond acceptors (Lipinski definition) is 4. The molecule has 0 amide bonds. The molecule has 148 valence electrons. The van der Waals surface area contributed by atoms with E-state index in [2.05, 4.69) is 6.07 Å². The van der Waals surface area contributed by atoms with Gasteiger partial charge in [0.05, 0.1) is 0 Å². The predicted octanol–water partition coefficient (Wildman–Crippen LogP) is 5.48. The van der Waals surface area contributed by atoms with Crippen LogP contribution in [0.3, 0.4) is 0 Å².